The molecule has 0 aliphatic carbocycles. The molecule has 0 saturated carbocycles. The number of hydrogen-bond acceptors (Lipinski definition) is 3. The van der Waals surface area contributed by atoms with Gasteiger partial charge in [-0.05, 0) is 18.6 Å². The van der Waals surface area contributed by atoms with E-state index < -0.39 is 5.97 Å². The van der Waals surface area contributed by atoms with E-state index in [1.54, 1.807) is 18.3 Å². The van der Waals surface area contributed by atoms with Crippen molar-refractivity contribution in [3.05, 3.63) is 29.6 Å². The molecular formula is C8H8FNO2. The molecule has 0 saturated heterocycles. The van der Waals surface area contributed by atoms with E-state index in [2.05, 4.69) is 9.93 Å². The second-order valence-electron chi connectivity index (χ2n) is 2.45. The molecule has 1 heterocycles. The first-order valence-corrected chi connectivity index (χ1v) is 3.45. The standard InChI is InChI=1S/C8H8FNO2/c1-6-2-3-7(10-5-6)4-8(11)12-9/h2-3,5H,4H2,1H3. The first-order valence-electron chi connectivity index (χ1n) is 3.45. The number of hydrogen-bond donors (Lipinski definition) is 0. The molecule has 0 radical (unpaired) electrons. The Morgan fingerprint density at radius 3 is 2.92 bits per heavy atom. The molecule has 0 unspecified atom stereocenters. The van der Waals surface area contributed by atoms with Crippen LogP contribution in [0.25, 0.3) is 0 Å². The highest BCUT2D eigenvalue weighted by Gasteiger charge is 2.05. The Labute approximate surface area is 69.1 Å². The zero-order valence-corrected chi connectivity index (χ0v) is 6.58. The number of carbonyl (C=O) groups excluding carboxylic acids is 1. The Kier molecular flexibility index (Phi) is 2.74. The Morgan fingerprint density at radius 1 is 1.67 bits per heavy atom. The van der Waals surface area contributed by atoms with E-state index in [0.29, 0.717) is 5.69 Å². The molecule has 4 heteroatoms. The molecule has 0 bridgehead atoms. The van der Waals surface area contributed by atoms with Gasteiger partial charge in [0.1, 0.15) is 0 Å². The molecule has 1 rings (SSSR count). The zero-order valence-electron chi connectivity index (χ0n) is 6.58. The highest BCUT2D eigenvalue weighted by atomic mass is 19.3. The molecule has 64 valence electrons. The van der Waals surface area contributed by atoms with Crippen molar-refractivity contribution in [2.24, 2.45) is 0 Å². The maximum absolute atomic E-state index is 11.3. The van der Waals surface area contributed by atoms with Crippen LogP contribution in [0.4, 0.5) is 4.53 Å². The predicted molar refractivity (Wildman–Crippen MR) is 39.9 cm³/mol. The van der Waals surface area contributed by atoms with Crippen molar-refractivity contribution in [3.63, 3.8) is 0 Å². The summed E-state index contributed by atoms with van der Waals surface area (Å²) in [6.45, 7) is 1.88. The summed E-state index contributed by atoms with van der Waals surface area (Å²) >= 11 is 0. The smallest absolute Gasteiger partial charge is 0.260 e. The lowest BCUT2D eigenvalue weighted by molar-refractivity contribution is -0.182. The lowest BCUT2D eigenvalue weighted by Gasteiger charge is -1.96. The van der Waals surface area contributed by atoms with Gasteiger partial charge in [0.2, 0.25) is 0 Å². The van der Waals surface area contributed by atoms with Crippen molar-refractivity contribution in [3.8, 4) is 0 Å². The van der Waals surface area contributed by atoms with Crippen molar-refractivity contribution < 1.29 is 14.3 Å². The molecular weight excluding hydrogens is 161 g/mol. The van der Waals surface area contributed by atoms with Crippen LogP contribution in [0.2, 0.25) is 0 Å². The van der Waals surface area contributed by atoms with Crippen LogP contribution in [0.15, 0.2) is 18.3 Å². The summed E-state index contributed by atoms with van der Waals surface area (Å²) in [5.74, 6) is -0.925. The molecule has 3 nitrogen and oxygen atoms in total. The van der Waals surface area contributed by atoms with Gasteiger partial charge < -0.3 is 0 Å². The molecule has 0 amide bonds. The lowest BCUT2D eigenvalue weighted by atomic mass is 10.2. The van der Waals surface area contributed by atoms with Crippen LogP contribution in [0.5, 0.6) is 0 Å². The molecule has 1 aromatic rings. The maximum Gasteiger partial charge on any atom is 0.354 e. The average Bonchev–Trinajstić information content (AvgIpc) is 2.09. The maximum atomic E-state index is 11.3. The second kappa shape index (κ2) is 3.80. The average molecular weight is 169 g/mol. The van der Waals surface area contributed by atoms with E-state index in [9.17, 15) is 9.32 Å². The Hall–Kier alpha value is -1.45. The van der Waals surface area contributed by atoms with Gasteiger partial charge in [-0.2, -0.15) is 0 Å². The van der Waals surface area contributed by atoms with Gasteiger partial charge in [-0.1, -0.05) is 6.07 Å². The third kappa shape index (κ3) is 2.30. The van der Waals surface area contributed by atoms with Crippen molar-refractivity contribution in [1.29, 1.82) is 0 Å². The van der Waals surface area contributed by atoms with Gasteiger partial charge in [0, 0.05) is 10.7 Å². The minimum absolute atomic E-state index is 0.128. The molecule has 0 N–H and O–H groups in total. The normalized spacial score (nSPS) is 9.50. The van der Waals surface area contributed by atoms with Crippen LogP contribution in [0.3, 0.4) is 0 Å². The van der Waals surface area contributed by atoms with Crippen LogP contribution >= 0.6 is 0 Å². The third-order valence-electron chi connectivity index (χ3n) is 1.38. The summed E-state index contributed by atoms with van der Waals surface area (Å²) in [7, 11) is 0. The minimum atomic E-state index is -0.925. The van der Waals surface area contributed by atoms with Crippen LogP contribution in [0.1, 0.15) is 11.3 Å². The monoisotopic (exact) mass is 169 g/mol. The van der Waals surface area contributed by atoms with Gasteiger partial charge >= 0.3 is 5.97 Å². The quantitative estimate of drug-likeness (QED) is 0.671. The van der Waals surface area contributed by atoms with Crippen molar-refractivity contribution in [2.45, 2.75) is 13.3 Å². The number of carbonyl (C=O) groups is 1. The summed E-state index contributed by atoms with van der Waals surface area (Å²) in [6, 6.07) is 3.46. The van der Waals surface area contributed by atoms with Crippen LogP contribution in [-0.4, -0.2) is 11.0 Å². The summed E-state index contributed by atoms with van der Waals surface area (Å²) in [5.41, 5.74) is 1.50. The minimum Gasteiger partial charge on any atom is -0.260 e. The van der Waals surface area contributed by atoms with Crippen molar-refractivity contribution in [2.75, 3.05) is 0 Å². The number of nitrogens with zero attached hydrogens (tertiary/aromatic N) is 1. The van der Waals surface area contributed by atoms with Gasteiger partial charge in [0.05, 0.1) is 12.1 Å². The first-order chi connectivity index (χ1) is 5.72. The second-order valence-corrected chi connectivity index (χ2v) is 2.45. The Morgan fingerprint density at radius 2 is 2.42 bits per heavy atom. The molecule has 1 aromatic heterocycles. The van der Waals surface area contributed by atoms with E-state index in [-0.39, 0.29) is 6.42 Å². The van der Waals surface area contributed by atoms with Gasteiger partial charge in [-0.15, -0.1) is 0 Å². The number of aromatic nitrogens is 1. The van der Waals surface area contributed by atoms with E-state index in [4.69, 9.17) is 0 Å². The molecule has 0 aliphatic heterocycles. The third-order valence-corrected chi connectivity index (χ3v) is 1.38. The summed E-state index contributed by atoms with van der Waals surface area (Å²) in [6.07, 6.45) is 1.48. The SMILES string of the molecule is Cc1ccc(CC(=O)OF)nc1. The fourth-order valence-corrected chi connectivity index (χ4v) is 0.778. The summed E-state index contributed by atoms with van der Waals surface area (Å²) < 4.78 is 11.3. The molecule has 12 heavy (non-hydrogen) atoms. The van der Waals surface area contributed by atoms with Crippen molar-refractivity contribution >= 4 is 5.97 Å². The summed E-state index contributed by atoms with van der Waals surface area (Å²) in [4.78, 5) is 17.3. The van der Waals surface area contributed by atoms with Gasteiger partial charge in [0.15, 0.2) is 0 Å². The van der Waals surface area contributed by atoms with Crippen LogP contribution in [-0.2, 0) is 16.2 Å². The number of rotatable bonds is 2. The van der Waals surface area contributed by atoms with Gasteiger partial charge in [-0.3, -0.25) is 9.93 Å². The number of halogens is 1. The van der Waals surface area contributed by atoms with E-state index in [1.807, 2.05) is 6.92 Å². The van der Waals surface area contributed by atoms with Crippen LogP contribution in [0, 0.1) is 6.92 Å². The fraction of sp³-hybridized carbons (Fsp3) is 0.250. The number of aryl methyl sites for hydroxylation is 1. The summed E-state index contributed by atoms with van der Waals surface area (Å²) in [5, 5.41) is 0. The molecule has 0 atom stereocenters. The Bertz CT molecular complexity index is 271. The van der Waals surface area contributed by atoms with Gasteiger partial charge in [-0.25, -0.2) is 4.79 Å². The molecule has 0 aliphatic rings. The van der Waals surface area contributed by atoms with E-state index in [0.717, 1.165) is 5.56 Å². The highest BCUT2D eigenvalue weighted by molar-refractivity contribution is 5.71. The lowest BCUT2D eigenvalue weighted by Crippen LogP contribution is -2.03. The van der Waals surface area contributed by atoms with E-state index >= 15 is 0 Å². The molecule has 0 spiro atoms. The van der Waals surface area contributed by atoms with Crippen LogP contribution < -0.4 is 0 Å². The fourth-order valence-electron chi connectivity index (χ4n) is 0.778. The Balaban J connectivity index is 2.64. The van der Waals surface area contributed by atoms with E-state index in [1.165, 1.54) is 0 Å². The first kappa shape index (κ1) is 8.64. The topological polar surface area (TPSA) is 39.2 Å². The predicted octanol–water partition coefficient (Wildman–Crippen LogP) is 1.36. The highest BCUT2D eigenvalue weighted by Crippen LogP contribution is 2.00. The zero-order chi connectivity index (χ0) is 8.97. The largest absolute Gasteiger partial charge is 0.354 e. The van der Waals surface area contributed by atoms with Gasteiger partial charge in [0.25, 0.3) is 0 Å². The molecule has 0 fully saturated rings. The molecule has 0 aromatic carbocycles. The number of pyridine rings is 1. The van der Waals surface area contributed by atoms with Crippen molar-refractivity contribution in [1.82, 2.24) is 4.98 Å².